The van der Waals surface area contributed by atoms with Crippen LogP contribution >= 0.6 is 11.6 Å². The number of nitrogens with one attached hydrogen (secondary N) is 1. The highest BCUT2D eigenvalue weighted by Gasteiger charge is 2.36. The quantitative estimate of drug-likeness (QED) is 0.928. The Bertz CT molecular complexity index is 714. The minimum atomic E-state index is 0.238. The van der Waals surface area contributed by atoms with E-state index >= 15 is 0 Å². The predicted octanol–water partition coefficient (Wildman–Crippen LogP) is 3.86. The summed E-state index contributed by atoms with van der Waals surface area (Å²) in [5.74, 6) is 0.436. The lowest BCUT2D eigenvalue weighted by Crippen LogP contribution is -2.41. The van der Waals surface area contributed by atoms with Crippen molar-refractivity contribution >= 4 is 17.3 Å². The molecule has 1 N–H and O–H groups in total. The van der Waals surface area contributed by atoms with Crippen molar-refractivity contribution in [2.45, 2.75) is 19.0 Å². The number of hydrazone groups is 1. The molecule has 0 aromatic heterocycles. The average molecular weight is 326 g/mol. The number of likely N-dealkylation sites (tertiary alicyclic amines) is 1. The summed E-state index contributed by atoms with van der Waals surface area (Å²) in [4.78, 5) is 2.53. The lowest BCUT2D eigenvalue weighted by atomic mass is 9.86. The van der Waals surface area contributed by atoms with Crippen LogP contribution in [0.5, 0.6) is 0 Å². The first-order valence-electron chi connectivity index (χ1n) is 8.13. The lowest BCUT2D eigenvalue weighted by molar-refractivity contribution is 0.220. The first-order valence-corrected chi connectivity index (χ1v) is 8.51. The van der Waals surface area contributed by atoms with E-state index in [9.17, 15) is 0 Å². The molecule has 0 amide bonds. The van der Waals surface area contributed by atoms with Gasteiger partial charge in [0.2, 0.25) is 0 Å². The molecule has 2 atom stereocenters. The van der Waals surface area contributed by atoms with E-state index in [1.165, 1.54) is 16.8 Å². The van der Waals surface area contributed by atoms with E-state index < -0.39 is 0 Å². The molecule has 1 saturated heterocycles. The number of benzene rings is 2. The molecule has 2 aliphatic heterocycles. The predicted molar refractivity (Wildman–Crippen MR) is 94.6 cm³/mol. The van der Waals surface area contributed by atoms with E-state index in [1.807, 2.05) is 18.2 Å². The molecule has 1 fully saturated rings. The van der Waals surface area contributed by atoms with Crippen molar-refractivity contribution in [2.75, 3.05) is 13.1 Å². The van der Waals surface area contributed by atoms with Gasteiger partial charge in [0.1, 0.15) is 0 Å². The number of hydrogen-bond donors (Lipinski definition) is 1. The van der Waals surface area contributed by atoms with Crippen molar-refractivity contribution < 1.29 is 0 Å². The lowest BCUT2D eigenvalue weighted by Gasteiger charge is -2.33. The number of nitrogens with zero attached hydrogens (tertiary/aromatic N) is 2. The molecule has 4 heteroatoms. The van der Waals surface area contributed by atoms with Gasteiger partial charge in [-0.3, -0.25) is 4.90 Å². The summed E-state index contributed by atoms with van der Waals surface area (Å²) in [6.07, 6.45) is 1.04. The number of piperidine rings is 1. The Morgan fingerprint density at radius 1 is 1.13 bits per heavy atom. The topological polar surface area (TPSA) is 27.6 Å². The summed E-state index contributed by atoms with van der Waals surface area (Å²) in [6, 6.07) is 19.0. The first-order chi connectivity index (χ1) is 11.3. The summed E-state index contributed by atoms with van der Waals surface area (Å²) in [5, 5.41) is 5.37. The van der Waals surface area contributed by atoms with E-state index in [4.69, 9.17) is 11.6 Å². The first kappa shape index (κ1) is 14.7. The van der Waals surface area contributed by atoms with E-state index in [1.54, 1.807) is 0 Å². The van der Waals surface area contributed by atoms with E-state index in [0.717, 1.165) is 31.1 Å². The fourth-order valence-electron chi connectivity index (χ4n) is 3.60. The Morgan fingerprint density at radius 2 is 2.00 bits per heavy atom. The van der Waals surface area contributed by atoms with Crippen molar-refractivity contribution in [1.29, 1.82) is 0 Å². The van der Waals surface area contributed by atoms with Gasteiger partial charge in [0.15, 0.2) is 0 Å². The van der Waals surface area contributed by atoms with Gasteiger partial charge < -0.3 is 5.43 Å². The highest BCUT2D eigenvalue weighted by atomic mass is 35.5. The maximum atomic E-state index is 6.16. The molecule has 0 saturated carbocycles. The standard InChI is InChI=1S/C19H20ClN3/c20-16-8-4-7-15(11-16)19-17-13-23(10-9-18(17)21-22-19)12-14-5-2-1-3-6-14/h1-8,11,17,19,22H,9-10,12-13H2. The second-order valence-corrected chi connectivity index (χ2v) is 6.78. The second-order valence-electron chi connectivity index (χ2n) is 6.34. The second kappa shape index (κ2) is 6.34. The molecule has 3 nitrogen and oxygen atoms in total. The van der Waals surface area contributed by atoms with Crippen LogP contribution < -0.4 is 5.43 Å². The van der Waals surface area contributed by atoms with Crippen LogP contribution in [-0.4, -0.2) is 23.7 Å². The molecule has 118 valence electrons. The Labute approximate surface area is 142 Å². The zero-order valence-corrected chi connectivity index (χ0v) is 13.7. The van der Waals surface area contributed by atoms with E-state index in [2.05, 4.69) is 51.8 Å². The highest BCUT2D eigenvalue weighted by Crippen LogP contribution is 2.33. The molecule has 2 unspecified atom stereocenters. The minimum Gasteiger partial charge on any atom is -0.302 e. The van der Waals surface area contributed by atoms with Crippen molar-refractivity contribution in [2.24, 2.45) is 11.0 Å². The highest BCUT2D eigenvalue weighted by molar-refractivity contribution is 6.30. The summed E-state index contributed by atoms with van der Waals surface area (Å²) < 4.78 is 0. The molecular weight excluding hydrogens is 306 g/mol. The zero-order chi connectivity index (χ0) is 15.6. The third-order valence-electron chi connectivity index (χ3n) is 4.77. The van der Waals surface area contributed by atoms with E-state index in [0.29, 0.717) is 5.92 Å². The van der Waals surface area contributed by atoms with Gasteiger partial charge in [-0.05, 0) is 23.3 Å². The van der Waals surface area contributed by atoms with Gasteiger partial charge in [-0.2, -0.15) is 5.10 Å². The third kappa shape index (κ3) is 3.12. The smallest absolute Gasteiger partial charge is 0.0783 e. The van der Waals surface area contributed by atoms with Crippen LogP contribution in [0, 0.1) is 5.92 Å². The van der Waals surface area contributed by atoms with Crippen molar-refractivity contribution in [3.63, 3.8) is 0 Å². The number of rotatable bonds is 3. The van der Waals surface area contributed by atoms with Crippen molar-refractivity contribution in [1.82, 2.24) is 10.3 Å². The van der Waals surface area contributed by atoms with Crippen LogP contribution in [0.15, 0.2) is 59.7 Å². The van der Waals surface area contributed by atoms with Gasteiger partial charge >= 0.3 is 0 Å². The van der Waals surface area contributed by atoms with Gasteiger partial charge in [-0.1, -0.05) is 54.1 Å². The Kier molecular flexibility index (Phi) is 4.06. The van der Waals surface area contributed by atoms with E-state index in [-0.39, 0.29) is 6.04 Å². The van der Waals surface area contributed by atoms with Crippen molar-refractivity contribution in [3.05, 3.63) is 70.7 Å². The Morgan fingerprint density at radius 3 is 2.83 bits per heavy atom. The largest absolute Gasteiger partial charge is 0.302 e. The molecule has 0 bridgehead atoms. The minimum absolute atomic E-state index is 0.238. The molecule has 23 heavy (non-hydrogen) atoms. The van der Waals surface area contributed by atoms with Gasteiger partial charge in [0.25, 0.3) is 0 Å². The number of hydrogen-bond acceptors (Lipinski definition) is 3. The molecule has 4 rings (SSSR count). The van der Waals surface area contributed by atoms with Crippen LogP contribution in [0.4, 0.5) is 0 Å². The molecule has 0 aliphatic carbocycles. The SMILES string of the molecule is Clc1cccc(C2NN=C3CCN(Cc4ccccc4)CC32)c1. The van der Waals surface area contributed by atoms with Gasteiger partial charge in [-0.15, -0.1) is 0 Å². The maximum Gasteiger partial charge on any atom is 0.0783 e. The number of halogens is 1. The van der Waals surface area contributed by atoms with Crippen LogP contribution in [0.1, 0.15) is 23.6 Å². The van der Waals surface area contributed by atoms with Gasteiger partial charge in [0.05, 0.1) is 6.04 Å². The normalized spacial score (nSPS) is 24.0. The van der Waals surface area contributed by atoms with Gasteiger partial charge in [-0.25, -0.2) is 0 Å². The molecule has 2 aromatic carbocycles. The molecule has 2 aliphatic rings. The molecule has 0 spiro atoms. The summed E-state index contributed by atoms with van der Waals surface area (Å²) in [6.45, 7) is 3.12. The Hall–Kier alpha value is -1.84. The molecular formula is C19H20ClN3. The number of fused-ring (bicyclic) bond motifs is 1. The fraction of sp³-hybridized carbons (Fsp3) is 0.316. The van der Waals surface area contributed by atoms with Crippen LogP contribution in [0.3, 0.4) is 0 Å². The van der Waals surface area contributed by atoms with Gasteiger partial charge in [0, 0.05) is 42.7 Å². The average Bonchev–Trinajstić information content (AvgIpc) is 2.99. The Balaban J connectivity index is 1.50. The summed E-state index contributed by atoms with van der Waals surface area (Å²) >= 11 is 6.16. The maximum absolute atomic E-state index is 6.16. The summed E-state index contributed by atoms with van der Waals surface area (Å²) in [5.41, 5.74) is 7.23. The van der Waals surface area contributed by atoms with Crippen LogP contribution in [-0.2, 0) is 6.54 Å². The molecule has 0 radical (unpaired) electrons. The van der Waals surface area contributed by atoms with Crippen LogP contribution in [0.2, 0.25) is 5.02 Å². The van der Waals surface area contributed by atoms with Crippen LogP contribution in [0.25, 0.3) is 0 Å². The monoisotopic (exact) mass is 325 g/mol. The third-order valence-corrected chi connectivity index (χ3v) is 5.01. The van der Waals surface area contributed by atoms with Crippen molar-refractivity contribution in [3.8, 4) is 0 Å². The molecule has 2 heterocycles. The fourth-order valence-corrected chi connectivity index (χ4v) is 3.80. The molecule has 2 aromatic rings. The zero-order valence-electron chi connectivity index (χ0n) is 13.0. The summed E-state index contributed by atoms with van der Waals surface area (Å²) in [7, 11) is 0.